The fourth-order valence-electron chi connectivity index (χ4n) is 0.870. The Kier molecular flexibility index (Phi) is 3.40. The molecule has 0 saturated carbocycles. The molecule has 0 unspecified atom stereocenters. The molecule has 0 aliphatic rings. The number of hydrogen-bond acceptors (Lipinski definition) is 3. The standard InChI is InChI=1S/C9H12N2O2/c1-7-3-4-8(5-10-7)11-9(12)6-13-2/h3-5H,6H2,1-2H3,(H,11,12). The van der Waals surface area contributed by atoms with Crippen LogP contribution in [0.1, 0.15) is 5.69 Å². The Morgan fingerprint density at radius 3 is 2.92 bits per heavy atom. The van der Waals surface area contributed by atoms with E-state index in [1.54, 1.807) is 12.3 Å². The quantitative estimate of drug-likeness (QED) is 0.754. The molecule has 0 radical (unpaired) electrons. The van der Waals surface area contributed by atoms with Gasteiger partial charge in [0.1, 0.15) is 6.61 Å². The van der Waals surface area contributed by atoms with E-state index in [0.29, 0.717) is 5.69 Å². The Balaban J connectivity index is 2.54. The van der Waals surface area contributed by atoms with Crippen LogP contribution in [0.2, 0.25) is 0 Å². The maximum absolute atomic E-state index is 11.0. The number of nitrogens with one attached hydrogen (secondary N) is 1. The first kappa shape index (κ1) is 9.67. The molecule has 1 aromatic rings. The highest BCUT2D eigenvalue weighted by molar-refractivity contribution is 5.91. The van der Waals surface area contributed by atoms with Crippen molar-refractivity contribution < 1.29 is 9.53 Å². The lowest BCUT2D eigenvalue weighted by Gasteiger charge is -2.03. The Morgan fingerprint density at radius 1 is 1.62 bits per heavy atom. The highest BCUT2D eigenvalue weighted by Crippen LogP contribution is 2.04. The summed E-state index contributed by atoms with van der Waals surface area (Å²) in [5, 5.41) is 2.64. The molecule has 1 aromatic heterocycles. The summed E-state index contributed by atoms with van der Waals surface area (Å²) in [7, 11) is 1.48. The smallest absolute Gasteiger partial charge is 0.250 e. The van der Waals surface area contributed by atoms with E-state index in [4.69, 9.17) is 0 Å². The van der Waals surface area contributed by atoms with Gasteiger partial charge in [-0.05, 0) is 19.1 Å². The van der Waals surface area contributed by atoms with E-state index in [1.165, 1.54) is 7.11 Å². The number of carbonyl (C=O) groups is 1. The predicted molar refractivity (Wildman–Crippen MR) is 49.5 cm³/mol. The molecule has 1 amide bonds. The van der Waals surface area contributed by atoms with Gasteiger partial charge in [0.2, 0.25) is 5.91 Å². The van der Waals surface area contributed by atoms with Crippen LogP contribution < -0.4 is 5.32 Å². The van der Waals surface area contributed by atoms with Gasteiger partial charge in [0.05, 0.1) is 11.9 Å². The van der Waals surface area contributed by atoms with Gasteiger partial charge in [0, 0.05) is 12.8 Å². The first-order chi connectivity index (χ1) is 6.22. The van der Waals surface area contributed by atoms with Crippen molar-refractivity contribution in [2.75, 3.05) is 19.0 Å². The lowest BCUT2D eigenvalue weighted by atomic mass is 10.3. The average Bonchev–Trinajstić information content (AvgIpc) is 2.09. The van der Waals surface area contributed by atoms with E-state index in [9.17, 15) is 4.79 Å². The molecule has 0 aromatic carbocycles. The highest BCUT2D eigenvalue weighted by atomic mass is 16.5. The van der Waals surface area contributed by atoms with Crippen LogP contribution in [-0.2, 0) is 9.53 Å². The van der Waals surface area contributed by atoms with Crippen LogP contribution in [0.25, 0.3) is 0 Å². The second-order valence-electron chi connectivity index (χ2n) is 2.67. The molecule has 0 saturated heterocycles. The summed E-state index contributed by atoms with van der Waals surface area (Å²) < 4.78 is 4.67. The van der Waals surface area contributed by atoms with Gasteiger partial charge in [-0.1, -0.05) is 0 Å². The topological polar surface area (TPSA) is 51.2 Å². The summed E-state index contributed by atoms with van der Waals surface area (Å²) in [6, 6.07) is 3.64. The van der Waals surface area contributed by atoms with Crippen molar-refractivity contribution in [3.63, 3.8) is 0 Å². The van der Waals surface area contributed by atoms with Crippen molar-refractivity contribution in [3.8, 4) is 0 Å². The van der Waals surface area contributed by atoms with Crippen LogP contribution in [0.4, 0.5) is 5.69 Å². The van der Waals surface area contributed by atoms with E-state index in [-0.39, 0.29) is 12.5 Å². The zero-order valence-electron chi connectivity index (χ0n) is 7.70. The number of amides is 1. The number of rotatable bonds is 3. The predicted octanol–water partition coefficient (Wildman–Crippen LogP) is 0.975. The summed E-state index contributed by atoms with van der Waals surface area (Å²) >= 11 is 0. The summed E-state index contributed by atoms with van der Waals surface area (Å²) in [5.41, 5.74) is 1.61. The maximum atomic E-state index is 11.0. The molecule has 0 atom stereocenters. The Bertz CT molecular complexity index is 282. The Hall–Kier alpha value is -1.42. The molecule has 4 nitrogen and oxygen atoms in total. The third-order valence-electron chi connectivity index (χ3n) is 1.47. The lowest BCUT2D eigenvalue weighted by Crippen LogP contribution is -2.17. The van der Waals surface area contributed by atoms with Gasteiger partial charge in [0.15, 0.2) is 0 Å². The molecule has 0 aliphatic carbocycles. The maximum Gasteiger partial charge on any atom is 0.250 e. The summed E-state index contributed by atoms with van der Waals surface area (Å²) in [6.07, 6.45) is 1.61. The van der Waals surface area contributed by atoms with E-state index in [2.05, 4.69) is 15.0 Å². The van der Waals surface area contributed by atoms with Crippen molar-refractivity contribution in [3.05, 3.63) is 24.0 Å². The lowest BCUT2D eigenvalue weighted by molar-refractivity contribution is -0.119. The largest absolute Gasteiger partial charge is 0.375 e. The van der Waals surface area contributed by atoms with Gasteiger partial charge in [-0.2, -0.15) is 0 Å². The summed E-state index contributed by atoms with van der Waals surface area (Å²) in [6.45, 7) is 1.95. The number of aryl methyl sites for hydroxylation is 1. The number of nitrogens with zero attached hydrogens (tertiary/aromatic N) is 1. The molecule has 0 bridgehead atoms. The first-order valence-electron chi connectivity index (χ1n) is 3.94. The van der Waals surface area contributed by atoms with Crippen molar-refractivity contribution in [1.29, 1.82) is 0 Å². The SMILES string of the molecule is COCC(=O)Nc1ccc(C)nc1. The summed E-state index contributed by atoms with van der Waals surface area (Å²) in [5.74, 6) is -0.173. The van der Waals surface area contributed by atoms with Crippen LogP contribution in [-0.4, -0.2) is 24.6 Å². The third kappa shape index (κ3) is 3.21. The van der Waals surface area contributed by atoms with E-state index < -0.39 is 0 Å². The van der Waals surface area contributed by atoms with Crippen molar-refractivity contribution in [2.24, 2.45) is 0 Å². The third-order valence-corrected chi connectivity index (χ3v) is 1.47. The van der Waals surface area contributed by atoms with Crippen molar-refractivity contribution >= 4 is 11.6 Å². The number of ether oxygens (including phenoxy) is 1. The van der Waals surface area contributed by atoms with Gasteiger partial charge in [-0.15, -0.1) is 0 Å². The minimum absolute atomic E-state index is 0.0634. The fraction of sp³-hybridized carbons (Fsp3) is 0.333. The Morgan fingerprint density at radius 2 is 2.38 bits per heavy atom. The van der Waals surface area contributed by atoms with E-state index in [1.807, 2.05) is 13.0 Å². The minimum atomic E-state index is -0.173. The molecule has 1 heterocycles. The number of anilines is 1. The monoisotopic (exact) mass is 180 g/mol. The van der Waals surface area contributed by atoms with Gasteiger partial charge in [-0.25, -0.2) is 0 Å². The molecule has 0 aliphatic heterocycles. The van der Waals surface area contributed by atoms with Crippen molar-refractivity contribution in [2.45, 2.75) is 6.92 Å². The van der Waals surface area contributed by atoms with Gasteiger partial charge >= 0.3 is 0 Å². The average molecular weight is 180 g/mol. The van der Waals surface area contributed by atoms with Crippen LogP contribution in [0.5, 0.6) is 0 Å². The normalized spacial score (nSPS) is 9.69. The first-order valence-corrected chi connectivity index (χ1v) is 3.94. The second-order valence-corrected chi connectivity index (χ2v) is 2.67. The van der Waals surface area contributed by atoms with Gasteiger partial charge in [0.25, 0.3) is 0 Å². The highest BCUT2D eigenvalue weighted by Gasteiger charge is 2.00. The second kappa shape index (κ2) is 4.57. The van der Waals surface area contributed by atoms with Crippen LogP contribution >= 0.6 is 0 Å². The number of aromatic nitrogens is 1. The molecule has 0 fully saturated rings. The zero-order chi connectivity index (χ0) is 9.68. The molecule has 4 heteroatoms. The number of carbonyl (C=O) groups excluding carboxylic acids is 1. The molecule has 70 valence electrons. The van der Waals surface area contributed by atoms with Crippen LogP contribution in [0.3, 0.4) is 0 Å². The zero-order valence-corrected chi connectivity index (χ0v) is 7.70. The van der Waals surface area contributed by atoms with E-state index in [0.717, 1.165) is 5.69 Å². The fourth-order valence-corrected chi connectivity index (χ4v) is 0.870. The minimum Gasteiger partial charge on any atom is -0.375 e. The van der Waals surface area contributed by atoms with Crippen LogP contribution in [0, 0.1) is 6.92 Å². The van der Waals surface area contributed by atoms with Crippen LogP contribution in [0.15, 0.2) is 18.3 Å². The number of pyridine rings is 1. The number of methoxy groups -OCH3 is 1. The number of hydrogen-bond donors (Lipinski definition) is 1. The molecule has 13 heavy (non-hydrogen) atoms. The van der Waals surface area contributed by atoms with Gasteiger partial charge in [-0.3, -0.25) is 9.78 Å². The molecule has 0 spiro atoms. The van der Waals surface area contributed by atoms with Crippen molar-refractivity contribution in [1.82, 2.24) is 4.98 Å². The molecule has 1 rings (SSSR count). The van der Waals surface area contributed by atoms with E-state index >= 15 is 0 Å². The van der Waals surface area contributed by atoms with Gasteiger partial charge < -0.3 is 10.1 Å². The Labute approximate surface area is 76.9 Å². The molecular weight excluding hydrogens is 168 g/mol. The summed E-state index contributed by atoms with van der Waals surface area (Å²) in [4.78, 5) is 15.1. The molecule has 1 N–H and O–H groups in total. The molecular formula is C9H12N2O2.